The second-order valence-corrected chi connectivity index (χ2v) is 9.69. The maximum atomic E-state index is 13.0. The summed E-state index contributed by atoms with van der Waals surface area (Å²) in [5.41, 5.74) is 2.06. The third-order valence-corrected chi connectivity index (χ3v) is 7.70. The van der Waals surface area contributed by atoms with Gasteiger partial charge in [-0.15, -0.1) is 0 Å². The summed E-state index contributed by atoms with van der Waals surface area (Å²) < 4.78 is 27.3. The molecular formula is C23H23N3O5S. The van der Waals surface area contributed by atoms with Crippen LogP contribution in [0.2, 0.25) is 0 Å². The van der Waals surface area contributed by atoms with Crippen molar-refractivity contribution in [2.75, 3.05) is 32.7 Å². The van der Waals surface area contributed by atoms with Gasteiger partial charge in [-0.2, -0.15) is 4.31 Å². The highest BCUT2D eigenvalue weighted by molar-refractivity contribution is 7.89. The van der Waals surface area contributed by atoms with Gasteiger partial charge in [0.1, 0.15) is 6.54 Å². The molecule has 0 atom stereocenters. The molecule has 1 fully saturated rings. The largest absolute Gasteiger partial charge is 0.338 e. The smallest absolute Gasteiger partial charge is 0.259 e. The van der Waals surface area contributed by atoms with Crippen molar-refractivity contribution >= 4 is 33.3 Å². The van der Waals surface area contributed by atoms with Crippen LogP contribution in [0.1, 0.15) is 33.2 Å². The van der Waals surface area contributed by atoms with Gasteiger partial charge >= 0.3 is 0 Å². The number of rotatable bonds is 5. The van der Waals surface area contributed by atoms with E-state index in [2.05, 4.69) is 6.58 Å². The highest BCUT2D eigenvalue weighted by atomic mass is 32.2. The lowest BCUT2D eigenvalue weighted by Crippen LogP contribution is -2.52. The van der Waals surface area contributed by atoms with Crippen molar-refractivity contribution < 1.29 is 22.8 Å². The molecule has 2 aliphatic heterocycles. The molecule has 0 aromatic heterocycles. The Balaban J connectivity index is 1.40. The third-order valence-electron chi connectivity index (χ3n) is 5.80. The van der Waals surface area contributed by atoms with Crippen LogP contribution in [-0.2, 0) is 14.8 Å². The van der Waals surface area contributed by atoms with Crippen LogP contribution in [0, 0.1) is 0 Å². The number of hydrogen-bond donors (Lipinski definition) is 0. The predicted octanol–water partition coefficient (Wildman–Crippen LogP) is 1.85. The van der Waals surface area contributed by atoms with Crippen LogP contribution < -0.4 is 0 Å². The molecule has 0 bridgehead atoms. The number of ketones is 1. The van der Waals surface area contributed by atoms with Crippen LogP contribution in [0.25, 0.3) is 5.70 Å². The topological polar surface area (TPSA) is 95.1 Å². The van der Waals surface area contributed by atoms with E-state index in [4.69, 9.17) is 0 Å². The molecule has 8 nitrogen and oxygen atoms in total. The minimum absolute atomic E-state index is 0.0571. The molecule has 4 rings (SSSR count). The number of carbonyl (C=O) groups excluding carboxylic acids is 3. The van der Waals surface area contributed by atoms with E-state index in [9.17, 15) is 22.8 Å². The first-order valence-electron chi connectivity index (χ1n) is 10.2. The van der Waals surface area contributed by atoms with Crippen LogP contribution in [-0.4, -0.2) is 72.8 Å². The minimum atomic E-state index is -3.78. The molecule has 0 spiro atoms. The van der Waals surface area contributed by atoms with Gasteiger partial charge in [0.25, 0.3) is 5.91 Å². The average molecular weight is 454 g/mol. The number of piperazine rings is 1. The van der Waals surface area contributed by atoms with Crippen molar-refractivity contribution in [2.45, 2.75) is 11.8 Å². The number of fused-ring (bicyclic) bond motifs is 1. The Morgan fingerprint density at radius 3 is 2.25 bits per heavy atom. The molecule has 2 heterocycles. The summed E-state index contributed by atoms with van der Waals surface area (Å²) >= 11 is 0. The fraction of sp³-hybridized carbons (Fsp3) is 0.261. The molecule has 2 aromatic rings. The number of amides is 2. The third kappa shape index (κ3) is 3.85. The lowest BCUT2D eigenvalue weighted by Gasteiger charge is -2.34. The number of benzene rings is 2. The fourth-order valence-corrected chi connectivity index (χ4v) is 5.41. The highest BCUT2D eigenvalue weighted by Gasteiger charge is 2.35. The second kappa shape index (κ2) is 8.33. The lowest BCUT2D eigenvalue weighted by molar-refractivity contribution is -0.132. The summed E-state index contributed by atoms with van der Waals surface area (Å²) in [6.07, 6.45) is 0. The Morgan fingerprint density at radius 2 is 1.62 bits per heavy atom. The first-order chi connectivity index (χ1) is 15.2. The van der Waals surface area contributed by atoms with Gasteiger partial charge in [0.05, 0.1) is 4.90 Å². The van der Waals surface area contributed by atoms with E-state index in [1.54, 1.807) is 35.2 Å². The number of nitrogens with zero attached hydrogens (tertiary/aromatic N) is 3. The zero-order valence-electron chi connectivity index (χ0n) is 17.7. The van der Waals surface area contributed by atoms with Crippen molar-refractivity contribution in [3.05, 3.63) is 71.8 Å². The number of carbonyl (C=O) groups is 3. The van der Waals surface area contributed by atoms with Crippen molar-refractivity contribution in [1.29, 1.82) is 0 Å². The maximum absolute atomic E-state index is 13.0. The van der Waals surface area contributed by atoms with Crippen LogP contribution in [0.15, 0.2) is 60.0 Å². The van der Waals surface area contributed by atoms with E-state index in [1.807, 2.05) is 6.07 Å². The number of Topliss-reactive ketones (excluding diaryl/α,β-unsaturated/α-hetero) is 1. The molecule has 0 radical (unpaired) electrons. The molecule has 0 N–H and O–H groups in total. The molecule has 1 saturated heterocycles. The minimum Gasteiger partial charge on any atom is -0.338 e. The summed E-state index contributed by atoms with van der Waals surface area (Å²) in [5, 5.41) is 0. The van der Waals surface area contributed by atoms with Crippen molar-refractivity contribution in [3.63, 3.8) is 0 Å². The predicted molar refractivity (Wildman–Crippen MR) is 118 cm³/mol. The standard InChI is InChI=1S/C23H23N3O5S/c1-16-20-8-3-4-9-21(20)23(29)26(16)15-22(28)24-10-12-25(13-11-24)32(30,31)19-7-5-6-18(14-19)17(2)27/h3-9,14H,1,10-13,15H2,2H3. The molecule has 0 aliphatic carbocycles. The van der Waals surface area contributed by atoms with E-state index in [1.165, 1.54) is 28.3 Å². The van der Waals surface area contributed by atoms with Crippen LogP contribution in [0.5, 0.6) is 0 Å². The Hall–Kier alpha value is -3.30. The molecule has 0 saturated carbocycles. The van der Waals surface area contributed by atoms with E-state index < -0.39 is 10.0 Å². The van der Waals surface area contributed by atoms with Gasteiger partial charge in [-0.05, 0) is 25.1 Å². The molecule has 166 valence electrons. The molecule has 32 heavy (non-hydrogen) atoms. The molecule has 0 unspecified atom stereocenters. The van der Waals surface area contributed by atoms with Crippen LogP contribution in [0.3, 0.4) is 0 Å². The monoisotopic (exact) mass is 453 g/mol. The molecule has 2 aliphatic rings. The van der Waals surface area contributed by atoms with Gasteiger partial charge in [0, 0.05) is 48.6 Å². The van der Waals surface area contributed by atoms with Crippen molar-refractivity contribution in [2.24, 2.45) is 0 Å². The summed E-state index contributed by atoms with van der Waals surface area (Å²) in [6.45, 7) is 5.88. The van der Waals surface area contributed by atoms with E-state index in [0.29, 0.717) is 22.4 Å². The number of sulfonamides is 1. The van der Waals surface area contributed by atoms with Gasteiger partial charge in [-0.25, -0.2) is 8.42 Å². The normalized spacial score (nSPS) is 16.9. The summed E-state index contributed by atoms with van der Waals surface area (Å²) in [4.78, 5) is 40.0. The highest BCUT2D eigenvalue weighted by Crippen LogP contribution is 2.31. The van der Waals surface area contributed by atoms with Crippen LogP contribution >= 0.6 is 0 Å². The quantitative estimate of drug-likeness (QED) is 0.644. The van der Waals surface area contributed by atoms with Crippen molar-refractivity contribution in [1.82, 2.24) is 14.1 Å². The first-order valence-corrected chi connectivity index (χ1v) is 11.6. The summed E-state index contributed by atoms with van der Waals surface area (Å²) in [7, 11) is -3.78. The number of hydrogen-bond acceptors (Lipinski definition) is 5. The van der Waals surface area contributed by atoms with E-state index in [0.717, 1.165) is 0 Å². The molecule has 9 heteroatoms. The SMILES string of the molecule is C=C1c2ccccc2C(=O)N1CC(=O)N1CCN(S(=O)(=O)c2cccc(C(C)=O)c2)CC1. The Kier molecular flexibility index (Phi) is 5.70. The van der Waals surface area contributed by atoms with E-state index >= 15 is 0 Å². The Bertz CT molecular complexity index is 1190. The van der Waals surface area contributed by atoms with Gasteiger partial charge in [-0.3, -0.25) is 19.3 Å². The molecule has 2 aromatic carbocycles. The van der Waals surface area contributed by atoms with Gasteiger partial charge < -0.3 is 4.90 Å². The van der Waals surface area contributed by atoms with Crippen molar-refractivity contribution in [3.8, 4) is 0 Å². The summed E-state index contributed by atoms with van der Waals surface area (Å²) in [6, 6.07) is 13.0. The second-order valence-electron chi connectivity index (χ2n) is 7.75. The zero-order chi connectivity index (χ0) is 23.0. The lowest BCUT2D eigenvalue weighted by atomic mass is 10.1. The first kappa shape index (κ1) is 21.9. The Morgan fingerprint density at radius 1 is 0.969 bits per heavy atom. The van der Waals surface area contributed by atoms with Gasteiger partial charge in [-0.1, -0.05) is 36.9 Å². The van der Waals surface area contributed by atoms with Crippen LogP contribution in [0.4, 0.5) is 0 Å². The molecular weight excluding hydrogens is 430 g/mol. The average Bonchev–Trinajstić information content (AvgIpc) is 3.04. The fourth-order valence-electron chi connectivity index (χ4n) is 3.94. The zero-order valence-corrected chi connectivity index (χ0v) is 18.5. The van der Waals surface area contributed by atoms with Gasteiger partial charge in [0.2, 0.25) is 15.9 Å². The van der Waals surface area contributed by atoms with E-state index in [-0.39, 0.29) is 55.2 Å². The Labute approximate surface area is 186 Å². The summed E-state index contributed by atoms with van der Waals surface area (Å²) in [5.74, 6) is -0.730. The molecule has 2 amide bonds. The maximum Gasteiger partial charge on any atom is 0.259 e. The van der Waals surface area contributed by atoms with Gasteiger partial charge in [0.15, 0.2) is 5.78 Å².